The van der Waals surface area contributed by atoms with Crippen LogP contribution in [-0.4, -0.2) is 29.1 Å². The molecule has 0 saturated heterocycles. The number of halogens is 1. The molecular formula is C20H18ClN3O5. The van der Waals surface area contributed by atoms with Crippen molar-refractivity contribution < 1.29 is 19.2 Å². The molecule has 8 nitrogen and oxygen atoms in total. The number of carboxylic acid groups (broad SMARTS) is 1. The van der Waals surface area contributed by atoms with E-state index in [4.69, 9.17) is 21.1 Å². The van der Waals surface area contributed by atoms with E-state index in [1.54, 1.807) is 24.3 Å². The van der Waals surface area contributed by atoms with Crippen LogP contribution in [0.25, 0.3) is 11.3 Å². The summed E-state index contributed by atoms with van der Waals surface area (Å²) < 4.78 is 5.76. The third kappa shape index (κ3) is 5.34. The monoisotopic (exact) mass is 415 g/mol. The van der Waals surface area contributed by atoms with E-state index in [1.807, 2.05) is 0 Å². The van der Waals surface area contributed by atoms with E-state index < -0.39 is 10.9 Å². The Labute approximate surface area is 171 Å². The van der Waals surface area contributed by atoms with E-state index in [1.165, 1.54) is 30.3 Å². The van der Waals surface area contributed by atoms with Crippen LogP contribution in [0.5, 0.6) is 0 Å². The Bertz CT molecular complexity index is 1020. The molecule has 0 aliphatic heterocycles. The van der Waals surface area contributed by atoms with Crippen molar-refractivity contribution >= 4 is 28.9 Å². The Hall–Kier alpha value is -3.36. The van der Waals surface area contributed by atoms with Crippen molar-refractivity contribution in [3.63, 3.8) is 0 Å². The summed E-state index contributed by atoms with van der Waals surface area (Å²) in [5.74, 6) is 0.155. The second-order valence-corrected chi connectivity index (χ2v) is 6.58. The molecule has 3 aromatic rings. The van der Waals surface area contributed by atoms with E-state index >= 15 is 0 Å². The molecule has 3 rings (SSSR count). The lowest BCUT2D eigenvalue weighted by Gasteiger charge is -2.07. The van der Waals surface area contributed by atoms with Crippen molar-refractivity contribution in [3.8, 4) is 11.3 Å². The molecule has 2 aromatic carbocycles. The van der Waals surface area contributed by atoms with Gasteiger partial charge in [0.1, 0.15) is 11.5 Å². The van der Waals surface area contributed by atoms with Crippen molar-refractivity contribution in [2.24, 2.45) is 0 Å². The number of hydrogen-bond acceptors (Lipinski definition) is 6. The minimum Gasteiger partial charge on any atom is -0.478 e. The maximum Gasteiger partial charge on any atom is 0.335 e. The fourth-order valence-corrected chi connectivity index (χ4v) is 2.88. The number of nitro benzene ring substituents is 1. The SMILES string of the molecule is O=C(O)c1ccc(Cl)c(-c2ccc(CNCCNc3ccc([N+](=O)[O-])cc3)o2)c1. The molecule has 0 amide bonds. The molecule has 0 unspecified atom stereocenters. The van der Waals surface area contributed by atoms with Gasteiger partial charge in [0.05, 0.1) is 22.1 Å². The first kappa shape index (κ1) is 20.4. The van der Waals surface area contributed by atoms with Crippen LogP contribution in [0.15, 0.2) is 59.0 Å². The number of anilines is 1. The van der Waals surface area contributed by atoms with Gasteiger partial charge < -0.3 is 20.2 Å². The predicted molar refractivity (Wildman–Crippen MR) is 109 cm³/mol. The highest BCUT2D eigenvalue weighted by molar-refractivity contribution is 6.33. The Morgan fingerprint density at radius 2 is 1.86 bits per heavy atom. The molecule has 1 aromatic heterocycles. The van der Waals surface area contributed by atoms with Crippen LogP contribution in [0.2, 0.25) is 5.02 Å². The Morgan fingerprint density at radius 1 is 1.10 bits per heavy atom. The van der Waals surface area contributed by atoms with Gasteiger partial charge in [-0.05, 0) is 42.5 Å². The van der Waals surface area contributed by atoms with E-state index in [2.05, 4.69) is 10.6 Å². The number of rotatable bonds is 9. The summed E-state index contributed by atoms with van der Waals surface area (Å²) in [6.45, 7) is 1.75. The van der Waals surface area contributed by atoms with Crippen LogP contribution in [0, 0.1) is 10.1 Å². The Kier molecular flexibility index (Phi) is 6.48. The molecule has 150 valence electrons. The van der Waals surface area contributed by atoms with Gasteiger partial charge in [0, 0.05) is 36.5 Å². The third-order valence-corrected chi connectivity index (χ3v) is 4.48. The molecule has 0 radical (unpaired) electrons. The largest absolute Gasteiger partial charge is 0.478 e. The number of non-ortho nitro benzene ring substituents is 1. The fraction of sp³-hybridized carbons (Fsp3) is 0.150. The van der Waals surface area contributed by atoms with Crippen molar-refractivity contribution in [3.05, 3.63) is 81.1 Å². The highest BCUT2D eigenvalue weighted by atomic mass is 35.5. The van der Waals surface area contributed by atoms with E-state index in [0.29, 0.717) is 41.7 Å². The van der Waals surface area contributed by atoms with Crippen molar-refractivity contribution in [1.29, 1.82) is 0 Å². The summed E-state index contributed by atoms with van der Waals surface area (Å²) in [6, 6.07) is 14.2. The number of nitro groups is 1. The zero-order valence-corrected chi connectivity index (χ0v) is 16.0. The molecule has 1 heterocycles. The lowest BCUT2D eigenvalue weighted by atomic mass is 10.1. The highest BCUT2D eigenvalue weighted by Crippen LogP contribution is 2.30. The van der Waals surface area contributed by atoms with Crippen LogP contribution in [0.4, 0.5) is 11.4 Å². The molecule has 0 aliphatic carbocycles. The number of nitrogens with one attached hydrogen (secondary N) is 2. The van der Waals surface area contributed by atoms with Gasteiger partial charge in [0.2, 0.25) is 0 Å². The number of carboxylic acids is 1. The standard InChI is InChI=1S/C20H18ClN3O5/c21-18-7-1-13(20(25)26)11-17(18)19-8-6-16(29-19)12-22-9-10-23-14-2-4-15(5-3-14)24(27)28/h1-8,11,22-23H,9-10,12H2,(H,25,26). The van der Waals surface area contributed by atoms with E-state index in [0.717, 1.165) is 5.69 Å². The minimum atomic E-state index is -1.03. The summed E-state index contributed by atoms with van der Waals surface area (Å²) in [6.07, 6.45) is 0. The van der Waals surface area contributed by atoms with Crippen molar-refractivity contribution in [1.82, 2.24) is 5.32 Å². The van der Waals surface area contributed by atoms with Crippen molar-refractivity contribution in [2.45, 2.75) is 6.54 Å². The van der Waals surface area contributed by atoms with Crippen LogP contribution < -0.4 is 10.6 Å². The molecule has 29 heavy (non-hydrogen) atoms. The Morgan fingerprint density at radius 3 is 2.55 bits per heavy atom. The summed E-state index contributed by atoms with van der Waals surface area (Å²) in [7, 11) is 0. The summed E-state index contributed by atoms with van der Waals surface area (Å²) >= 11 is 6.16. The van der Waals surface area contributed by atoms with Gasteiger partial charge >= 0.3 is 5.97 Å². The first-order valence-corrected chi connectivity index (χ1v) is 9.13. The molecule has 3 N–H and O–H groups in total. The summed E-state index contributed by atoms with van der Waals surface area (Å²) in [5.41, 5.74) is 1.51. The quantitative estimate of drug-likeness (QED) is 0.269. The van der Waals surface area contributed by atoms with Crippen LogP contribution >= 0.6 is 11.6 Å². The van der Waals surface area contributed by atoms with E-state index in [9.17, 15) is 14.9 Å². The molecule has 0 aliphatic rings. The fourth-order valence-electron chi connectivity index (χ4n) is 2.67. The molecular weight excluding hydrogens is 398 g/mol. The maximum absolute atomic E-state index is 11.1. The molecule has 9 heteroatoms. The van der Waals surface area contributed by atoms with E-state index in [-0.39, 0.29) is 11.3 Å². The molecule has 0 spiro atoms. The average Bonchev–Trinajstić information content (AvgIpc) is 3.17. The van der Waals surface area contributed by atoms with Crippen LogP contribution in [0.1, 0.15) is 16.1 Å². The topological polar surface area (TPSA) is 118 Å². The second-order valence-electron chi connectivity index (χ2n) is 6.17. The van der Waals surface area contributed by atoms with Gasteiger partial charge in [-0.1, -0.05) is 11.6 Å². The Balaban J connectivity index is 1.49. The minimum absolute atomic E-state index is 0.0521. The molecule has 0 atom stereocenters. The van der Waals surface area contributed by atoms with Gasteiger partial charge in [-0.2, -0.15) is 0 Å². The van der Waals surface area contributed by atoms with Gasteiger partial charge in [-0.25, -0.2) is 4.79 Å². The number of furan rings is 1. The maximum atomic E-state index is 11.1. The summed E-state index contributed by atoms with van der Waals surface area (Å²) in [4.78, 5) is 21.3. The van der Waals surface area contributed by atoms with Gasteiger partial charge in [0.15, 0.2) is 0 Å². The van der Waals surface area contributed by atoms with Crippen LogP contribution in [0.3, 0.4) is 0 Å². The van der Waals surface area contributed by atoms with Gasteiger partial charge in [-0.15, -0.1) is 0 Å². The molecule has 0 bridgehead atoms. The van der Waals surface area contributed by atoms with Gasteiger partial charge in [0.25, 0.3) is 5.69 Å². The number of nitrogens with zero attached hydrogens (tertiary/aromatic N) is 1. The lowest BCUT2D eigenvalue weighted by molar-refractivity contribution is -0.384. The highest BCUT2D eigenvalue weighted by Gasteiger charge is 2.12. The zero-order chi connectivity index (χ0) is 20.8. The van der Waals surface area contributed by atoms with Crippen molar-refractivity contribution in [2.75, 3.05) is 18.4 Å². The summed E-state index contributed by atoms with van der Waals surface area (Å²) in [5, 5.41) is 26.6. The zero-order valence-electron chi connectivity index (χ0n) is 15.2. The van der Waals surface area contributed by atoms with Gasteiger partial charge in [-0.3, -0.25) is 10.1 Å². The second kappa shape index (κ2) is 9.22. The first-order chi connectivity index (χ1) is 13.9. The number of hydrogen-bond donors (Lipinski definition) is 3. The lowest BCUT2D eigenvalue weighted by Crippen LogP contribution is -2.21. The number of benzene rings is 2. The average molecular weight is 416 g/mol. The molecule has 0 fully saturated rings. The third-order valence-electron chi connectivity index (χ3n) is 4.15. The number of carbonyl (C=O) groups is 1. The number of aromatic carboxylic acids is 1. The normalized spacial score (nSPS) is 10.7. The first-order valence-electron chi connectivity index (χ1n) is 8.75. The van der Waals surface area contributed by atoms with Crippen LogP contribution in [-0.2, 0) is 6.54 Å². The smallest absolute Gasteiger partial charge is 0.335 e. The predicted octanol–water partition coefficient (Wildman–Crippen LogP) is 4.41. The molecule has 0 saturated carbocycles.